The lowest BCUT2D eigenvalue weighted by atomic mass is 10.0. The van der Waals surface area contributed by atoms with Gasteiger partial charge in [-0.2, -0.15) is 8.42 Å². The Balaban J connectivity index is 1.36. The minimum absolute atomic E-state index is 0.0978. The van der Waals surface area contributed by atoms with Crippen LogP contribution < -0.4 is 14.3 Å². The van der Waals surface area contributed by atoms with Crippen LogP contribution in [0.5, 0.6) is 5.75 Å². The van der Waals surface area contributed by atoms with Gasteiger partial charge in [0.2, 0.25) is 0 Å². The monoisotopic (exact) mass is 427 g/mol. The average Bonchev–Trinajstić information content (AvgIpc) is 2.94. The number of benzene rings is 1. The summed E-state index contributed by atoms with van der Waals surface area (Å²) in [4.78, 5) is 12.1. The van der Waals surface area contributed by atoms with Crippen molar-refractivity contribution in [3.05, 3.63) is 17.4 Å². The number of carbonyl (C=O) groups is 1. The first-order chi connectivity index (χ1) is 13.3. The molecule has 5 rings (SSSR count). The first kappa shape index (κ1) is 18.5. The second-order valence-corrected chi connectivity index (χ2v) is 10.8. The van der Waals surface area contributed by atoms with Gasteiger partial charge >= 0.3 is 10.2 Å². The fourth-order valence-electron chi connectivity index (χ4n) is 5.05. The smallest absolute Gasteiger partial charge is 0.326 e. The number of fused-ring (bicyclic) bond motifs is 2. The quantitative estimate of drug-likeness (QED) is 0.671. The van der Waals surface area contributed by atoms with Crippen molar-refractivity contribution in [2.24, 2.45) is 17.8 Å². The number of thioether (sulfide) groups is 1. The topological polar surface area (TPSA) is 98.7 Å². The highest BCUT2D eigenvalue weighted by Crippen LogP contribution is 2.57. The number of hydrogen-bond acceptors (Lipinski definition) is 6. The molecule has 0 aromatic heterocycles. The molecule has 0 bridgehead atoms. The summed E-state index contributed by atoms with van der Waals surface area (Å²) in [5.74, 6) is 1.25. The van der Waals surface area contributed by atoms with E-state index in [1.54, 1.807) is 0 Å². The first-order valence-electron chi connectivity index (χ1n) is 9.59. The van der Waals surface area contributed by atoms with E-state index in [0.717, 1.165) is 30.1 Å². The van der Waals surface area contributed by atoms with Gasteiger partial charge in [0.1, 0.15) is 18.0 Å². The number of anilines is 1. The lowest BCUT2D eigenvalue weighted by Gasteiger charge is -2.28. The molecule has 2 saturated carbocycles. The van der Waals surface area contributed by atoms with E-state index in [1.807, 2.05) is 4.72 Å². The summed E-state index contributed by atoms with van der Waals surface area (Å²) < 4.78 is 41.9. The van der Waals surface area contributed by atoms with Crippen LogP contribution in [0.3, 0.4) is 0 Å². The predicted molar refractivity (Wildman–Crippen MR) is 103 cm³/mol. The largest absolute Gasteiger partial charge is 0.506 e. The van der Waals surface area contributed by atoms with Gasteiger partial charge in [0.25, 0.3) is 5.91 Å². The highest BCUT2D eigenvalue weighted by Gasteiger charge is 2.52. The predicted octanol–water partition coefficient (Wildman–Crippen LogP) is 1.36. The molecule has 152 valence electrons. The van der Waals surface area contributed by atoms with Crippen molar-refractivity contribution in [1.82, 2.24) is 10.0 Å². The number of carbonyl (C=O) groups excluding carboxylic acids is 1. The number of amides is 1. The molecule has 1 amide bonds. The molecule has 1 aromatic rings. The number of phenolic OH excluding ortho intramolecular Hbond substituents is 1. The van der Waals surface area contributed by atoms with E-state index in [1.165, 1.54) is 37.1 Å². The number of halogens is 1. The Labute approximate surface area is 167 Å². The van der Waals surface area contributed by atoms with E-state index in [2.05, 4.69) is 5.32 Å². The summed E-state index contributed by atoms with van der Waals surface area (Å²) in [5, 5.41) is 13.8. The van der Waals surface area contributed by atoms with Crippen LogP contribution in [0, 0.1) is 23.6 Å². The summed E-state index contributed by atoms with van der Waals surface area (Å²) in [5.41, 5.74) is -0.0536. The van der Waals surface area contributed by atoms with E-state index in [9.17, 15) is 18.3 Å². The zero-order valence-electron chi connectivity index (χ0n) is 15.2. The van der Waals surface area contributed by atoms with E-state index < -0.39 is 39.9 Å². The van der Waals surface area contributed by atoms with Crippen LogP contribution in [-0.2, 0) is 21.4 Å². The van der Waals surface area contributed by atoms with Crippen molar-refractivity contribution >= 4 is 33.6 Å². The van der Waals surface area contributed by atoms with Crippen LogP contribution in [0.4, 0.5) is 10.1 Å². The Hall–Kier alpha value is -1.52. The standard InChI is InChI=1S/C18H22FN3O4S2/c19-17-12-4-9(20-6-13-10-2-1-3-11(10)13)8-27-15(12)5-14(23)18(17)22-7-16(24)21-28(22,25)26/h5,9-11,13,20,23H,1-4,6-8H2,(H,21,24)/t9-,10?,11?,13?/m0/s1. The Morgan fingerprint density at radius 2 is 2.11 bits per heavy atom. The van der Waals surface area contributed by atoms with Gasteiger partial charge in [0.15, 0.2) is 5.82 Å². The lowest BCUT2D eigenvalue weighted by molar-refractivity contribution is -0.117. The molecular weight excluding hydrogens is 405 g/mol. The zero-order valence-corrected chi connectivity index (χ0v) is 16.8. The van der Waals surface area contributed by atoms with Gasteiger partial charge in [-0.1, -0.05) is 6.42 Å². The van der Waals surface area contributed by atoms with E-state index in [0.29, 0.717) is 21.2 Å². The van der Waals surface area contributed by atoms with Gasteiger partial charge in [-0.3, -0.25) is 4.79 Å². The molecule has 2 unspecified atom stereocenters. The third-order valence-electron chi connectivity index (χ3n) is 6.47. The van der Waals surface area contributed by atoms with Gasteiger partial charge in [0, 0.05) is 22.3 Å². The summed E-state index contributed by atoms with van der Waals surface area (Å²) in [6.07, 6.45) is 4.42. The SMILES string of the molecule is O=C1CN(c2c(O)cc3c(c2F)C[C@H](NCC2C4CCCC42)CS3)S(=O)(=O)N1. The van der Waals surface area contributed by atoms with Crippen molar-refractivity contribution < 1.29 is 22.7 Å². The third kappa shape index (κ3) is 2.96. The van der Waals surface area contributed by atoms with Gasteiger partial charge in [0.05, 0.1) is 0 Å². The van der Waals surface area contributed by atoms with Crippen molar-refractivity contribution in [2.75, 3.05) is 23.1 Å². The molecule has 2 heterocycles. The second kappa shape index (κ2) is 6.50. The summed E-state index contributed by atoms with van der Waals surface area (Å²) in [6.45, 7) is 0.409. The van der Waals surface area contributed by atoms with Gasteiger partial charge in [-0.25, -0.2) is 13.4 Å². The number of rotatable bonds is 4. The van der Waals surface area contributed by atoms with Gasteiger partial charge in [-0.15, -0.1) is 11.8 Å². The number of aromatic hydroxyl groups is 1. The van der Waals surface area contributed by atoms with Crippen molar-refractivity contribution in [2.45, 2.75) is 36.6 Å². The Morgan fingerprint density at radius 3 is 2.79 bits per heavy atom. The van der Waals surface area contributed by atoms with Gasteiger partial charge in [-0.05, 0) is 49.6 Å². The summed E-state index contributed by atoms with van der Waals surface area (Å²) in [6, 6.07) is 1.50. The molecule has 0 radical (unpaired) electrons. The first-order valence-corrected chi connectivity index (χ1v) is 12.0. The molecule has 4 aliphatic rings. The van der Waals surface area contributed by atoms with E-state index in [4.69, 9.17) is 0 Å². The number of nitrogens with one attached hydrogen (secondary N) is 2. The molecule has 10 heteroatoms. The highest BCUT2D eigenvalue weighted by atomic mass is 32.2. The van der Waals surface area contributed by atoms with Crippen molar-refractivity contribution in [3.8, 4) is 5.75 Å². The van der Waals surface area contributed by atoms with E-state index >= 15 is 4.39 Å². The maximum Gasteiger partial charge on any atom is 0.326 e. The van der Waals surface area contributed by atoms with Crippen LogP contribution in [0.1, 0.15) is 24.8 Å². The Morgan fingerprint density at radius 1 is 1.36 bits per heavy atom. The lowest BCUT2D eigenvalue weighted by Crippen LogP contribution is -2.38. The van der Waals surface area contributed by atoms with Gasteiger partial charge < -0.3 is 10.4 Å². The third-order valence-corrected chi connectivity index (χ3v) is 9.09. The summed E-state index contributed by atoms with van der Waals surface area (Å²) >= 11 is 1.46. The maximum absolute atomic E-state index is 15.3. The van der Waals surface area contributed by atoms with Crippen LogP contribution in [0.15, 0.2) is 11.0 Å². The molecule has 2 aliphatic carbocycles. The normalized spacial score (nSPS) is 32.8. The van der Waals surface area contributed by atoms with Crippen LogP contribution in [-0.4, -0.2) is 44.3 Å². The second-order valence-electron chi connectivity index (χ2n) is 8.11. The molecule has 7 nitrogen and oxygen atoms in total. The Kier molecular flexibility index (Phi) is 4.29. The minimum atomic E-state index is -4.19. The minimum Gasteiger partial charge on any atom is -0.506 e. The molecule has 1 aromatic carbocycles. The molecule has 2 aliphatic heterocycles. The molecule has 0 spiro atoms. The van der Waals surface area contributed by atoms with Crippen LogP contribution >= 0.6 is 11.8 Å². The van der Waals surface area contributed by atoms with Crippen LogP contribution in [0.2, 0.25) is 0 Å². The molecule has 28 heavy (non-hydrogen) atoms. The summed E-state index contributed by atoms with van der Waals surface area (Å²) in [7, 11) is -4.19. The van der Waals surface area contributed by atoms with Crippen molar-refractivity contribution in [1.29, 1.82) is 0 Å². The number of phenols is 1. The highest BCUT2D eigenvalue weighted by molar-refractivity contribution is 7.99. The molecule has 3 fully saturated rings. The number of nitrogens with zero attached hydrogens (tertiary/aromatic N) is 1. The maximum atomic E-state index is 15.3. The zero-order chi connectivity index (χ0) is 19.6. The van der Waals surface area contributed by atoms with Crippen LogP contribution in [0.25, 0.3) is 0 Å². The van der Waals surface area contributed by atoms with Crippen molar-refractivity contribution in [3.63, 3.8) is 0 Å². The number of hydrogen-bond donors (Lipinski definition) is 3. The fourth-order valence-corrected chi connectivity index (χ4v) is 7.37. The molecule has 1 saturated heterocycles. The van der Waals surface area contributed by atoms with E-state index in [-0.39, 0.29) is 6.04 Å². The fraction of sp³-hybridized carbons (Fsp3) is 0.611. The molecule has 3 atom stereocenters. The Bertz CT molecular complexity index is 945. The average molecular weight is 428 g/mol. The molecule has 3 N–H and O–H groups in total. The molecular formula is C18H22FN3O4S2.